The smallest absolute Gasteiger partial charge is 0.317 e. The first-order valence-corrected chi connectivity index (χ1v) is 12.0. The zero-order valence-corrected chi connectivity index (χ0v) is 18.5. The van der Waals surface area contributed by atoms with Crippen LogP contribution in [0, 0.1) is 5.82 Å². The number of benzene rings is 1. The minimum Gasteiger partial charge on any atom is -0.460 e. The fraction of sp³-hybridized carbons (Fsp3) is 0.450. The Morgan fingerprint density at radius 1 is 1.31 bits per heavy atom. The molecule has 2 atom stereocenters. The molecule has 0 unspecified atom stereocenters. The highest BCUT2D eigenvalue weighted by Gasteiger charge is 2.31. The number of anilines is 2. The first kappa shape index (κ1) is 20.9. The second kappa shape index (κ2) is 7.85. The largest absolute Gasteiger partial charge is 0.460 e. The summed E-state index contributed by atoms with van der Waals surface area (Å²) in [6, 6.07) is 5.41. The quantitative estimate of drug-likeness (QED) is 0.515. The van der Waals surface area contributed by atoms with Crippen LogP contribution in [0.3, 0.4) is 0 Å². The molecule has 1 aromatic carbocycles. The predicted molar refractivity (Wildman–Crippen MR) is 114 cm³/mol. The van der Waals surface area contributed by atoms with Crippen molar-refractivity contribution in [1.82, 2.24) is 29.7 Å². The van der Waals surface area contributed by atoms with Crippen LogP contribution in [0.5, 0.6) is 6.01 Å². The van der Waals surface area contributed by atoms with Gasteiger partial charge >= 0.3 is 6.01 Å². The predicted octanol–water partition coefficient (Wildman–Crippen LogP) is 2.97. The third-order valence-corrected chi connectivity index (χ3v) is 7.47. The molecule has 2 aromatic heterocycles. The molecule has 0 saturated heterocycles. The van der Waals surface area contributed by atoms with Crippen molar-refractivity contribution < 1.29 is 17.5 Å². The zero-order chi connectivity index (χ0) is 22.5. The molecule has 0 radical (unpaired) electrons. The summed E-state index contributed by atoms with van der Waals surface area (Å²) in [5.41, 5.74) is 1.26. The van der Waals surface area contributed by atoms with Crippen LogP contribution in [-0.4, -0.2) is 39.5 Å². The van der Waals surface area contributed by atoms with Crippen molar-refractivity contribution in [1.29, 1.82) is 0 Å². The van der Waals surface area contributed by atoms with E-state index in [2.05, 4.69) is 30.4 Å². The molecule has 12 heteroatoms. The van der Waals surface area contributed by atoms with Gasteiger partial charge in [-0.3, -0.25) is 9.67 Å². The SMILES string of the molecule is CC(C)n1cnnc1O[C@@H]1CC[C@H](c2cc(Nc3ccc4c(c3F)CNS4(=O)=O)n[nH]2)C1. The Kier molecular flexibility index (Phi) is 5.13. The molecule has 3 aromatic rings. The molecule has 32 heavy (non-hydrogen) atoms. The lowest BCUT2D eigenvalue weighted by Gasteiger charge is -2.15. The average Bonchev–Trinajstić information content (AvgIpc) is 3.52. The van der Waals surface area contributed by atoms with Gasteiger partial charge in [0.25, 0.3) is 0 Å². The van der Waals surface area contributed by atoms with Crippen molar-refractivity contribution in [3.8, 4) is 6.01 Å². The van der Waals surface area contributed by atoms with E-state index in [4.69, 9.17) is 4.74 Å². The maximum Gasteiger partial charge on any atom is 0.317 e. The van der Waals surface area contributed by atoms with Gasteiger partial charge in [-0.2, -0.15) is 5.10 Å². The monoisotopic (exact) mass is 461 g/mol. The first-order valence-electron chi connectivity index (χ1n) is 10.5. The number of H-pyrrole nitrogens is 1. The van der Waals surface area contributed by atoms with Gasteiger partial charge in [-0.25, -0.2) is 17.5 Å². The number of ether oxygens (including phenoxy) is 1. The average molecular weight is 462 g/mol. The number of sulfonamides is 1. The number of aromatic nitrogens is 5. The van der Waals surface area contributed by atoms with Crippen LogP contribution in [0.1, 0.15) is 56.3 Å². The molecule has 2 aliphatic rings. The number of aromatic amines is 1. The molecule has 1 aliphatic carbocycles. The van der Waals surface area contributed by atoms with Gasteiger partial charge in [-0.1, -0.05) is 5.10 Å². The molecule has 3 N–H and O–H groups in total. The maximum absolute atomic E-state index is 14.8. The molecule has 0 spiro atoms. The molecule has 1 saturated carbocycles. The Morgan fingerprint density at radius 2 is 2.16 bits per heavy atom. The molecule has 1 fully saturated rings. The minimum absolute atomic E-state index is 0.0198. The third-order valence-electron chi connectivity index (χ3n) is 5.98. The lowest BCUT2D eigenvalue weighted by Crippen LogP contribution is -2.16. The van der Waals surface area contributed by atoms with Crippen LogP contribution in [-0.2, 0) is 16.6 Å². The van der Waals surface area contributed by atoms with Crippen LogP contribution in [0.2, 0.25) is 0 Å². The van der Waals surface area contributed by atoms with Crippen LogP contribution in [0.4, 0.5) is 15.9 Å². The van der Waals surface area contributed by atoms with E-state index >= 15 is 0 Å². The molecule has 1 aliphatic heterocycles. The normalized spacial score (nSPS) is 21.8. The molecule has 10 nitrogen and oxygen atoms in total. The van der Waals surface area contributed by atoms with Gasteiger partial charge in [0.2, 0.25) is 10.0 Å². The van der Waals surface area contributed by atoms with Crippen LogP contribution >= 0.6 is 0 Å². The van der Waals surface area contributed by atoms with Crippen LogP contribution in [0.25, 0.3) is 0 Å². The number of nitrogens with zero attached hydrogens (tertiary/aromatic N) is 4. The maximum atomic E-state index is 14.8. The molecule has 0 bridgehead atoms. The van der Waals surface area contributed by atoms with E-state index in [-0.39, 0.29) is 40.8 Å². The number of hydrogen-bond acceptors (Lipinski definition) is 7. The first-order chi connectivity index (χ1) is 15.3. The fourth-order valence-electron chi connectivity index (χ4n) is 4.26. The number of halogens is 1. The summed E-state index contributed by atoms with van der Waals surface area (Å²) >= 11 is 0. The lowest BCUT2D eigenvalue weighted by molar-refractivity contribution is 0.178. The Balaban J connectivity index is 1.26. The summed E-state index contributed by atoms with van der Waals surface area (Å²) < 4.78 is 48.8. The molecular formula is C20H24FN7O3S. The zero-order valence-electron chi connectivity index (χ0n) is 17.7. The van der Waals surface area contributed by atoms with Crippen molar-refractivity contribution in [3.63, 3.8) is 0 Å². The van der Waals surface area contributed by atoms with E-state index < -0.39 is 15.8 Å². The van der Waals surface area contributed by atoms with Gasteiger partial charge in [-0.05, 0) is 45.2 Å². The van der Waals surface area contributed by atoms with Crippen molar-refractivity contribution in [3.05, 3.63) is 41.6 Å². The number of nitrogens with one attached hydrogen (secondary N) is 3. The molecule has 170 valence electrons. The van der Waals surface area contributed by atoms with Crippen LogP contribution in [0.15, 0.2) is 29.4 Å². The Labute approximate surface area is 184 Å². The number of hydrogen-bond donors (Lipinski definition) is 3. The summed E-state index contributed by atoms with van der Waals surface area (Å²) in [5.74, 6) is 0.110. The minimum atomic E-state index is -3.62. The molecule has 5 rings (SSSR count). The highest BCUT2D eigenvalue weighted by Crippen LogP contribution is 2.37. The summed E-state index contributed by atoms with van der Waals surface area (Å²) in [7, 11) is -3.62. The fourth-order valence-corrected chi connectivity index (χ4v) is 5.48. The van der Waals surface area contributed by atoms with Crippen molar-refractivity contribution in [2.45, 2.75) is 62.6 Å². The molecule has 0 amide bonds. The van der Waals surface area contributed by atoms with Crippen molar-refractivity contribution in [2.75, 3.05) is 5.32 Å². The van der Waals surface area contributed by atoms with E-state index in [0.29, 0.717) is 11.8 Å². The second-order valence-electron chi connectivity index (χ2n) is 8.43. The van der Waals surface area contributed by atoms with E-state index in [1.54, 1.807) is 6.33 Å². The highest BCUT2D eigenvalue weighted by molar-refractivity contribution is 7.89. The van der Waals surface area contributed by atoms with E-state index in [0.717, 1.165) is 25.0 Å². The summed E-state index contributed by atoms with van der Waals surface area (Å²) in [6.07, 6.45) is 4.33. The van der Waals surface area contributed by atoms with Gasteiger partial charge in [0.05, 0.1) is 10.6 Å². The topological polar surface area (TPSA) is 127 Å². The number of rotatable bonds is 6. The van der Waals surface area contributed by atoms with Crippen LogP contribution < -0.4 is 14.8 Å². The Hall–Kier alpha value is -2.99. The second-order valence-corrected chi connectivity index (χ2v) is 10.2. The lowest BCUT2D eigenvalue weighted by atomic mass is 10.0. The Morgan fingerprint density at radius 3 is 2.97 bits per heavy atom. The third kappa shape index (κ3) is 3.73. The van der Waals surface area contributed by atoms with E-state index in [1.165, 1.54) is 12.1 Å². The summed E-state index contributed by atoms with van der Waals surface area (Å²) in [6.45, 7) is 4.04. The number of fused-ring (bicyclic) bond motifs is 1. The van der Waals surface area contributed by atoms with E-state index in [1.807, 2.05) is 24.5 Å². The highest BCUT2D eigenvalue weighted by atomic mass is 32.2. The Bertz CT molecular complexity index is 1250. The van der Waals surface area contributed by atoms with E-state index in [9.17, 15) is 12.8 Å². The van der Waals surface area contributed by atoms with Gasteiger partial charge in [-0.15, -0.1) is 5.10 Å². The molecule has 3 heterocycles. The standard InChI is InChI=1S/C20H24FN7O3S/c1-11(2)28-10-22-27-20(28)31-13-4-3-12(7-13)16-8-18(26-25-16)24-15-5-6-17-14(19(15)21)9-23-32(17,29)30/h5-6,8,10-13,23H,3-4,7,9H2,1-2H3,(H2,24,25,26)/t12-,13+/m0/s1. The van der Waals surface area contributed by atoms with Crippen molar-refractivity contribution in [2.24, 2.45) is 0 Å². The van der Waals surface area contributed by atoms with Gasteiger partial charge < -0.3 is 10.1 Å². The van der Waals surface area contributed by atoms with Gasteiger partial charge in [0.1, 0.15) is 12.4 Å². The van der Waals surface area contributed by atoms with Gasteiger partial charge in [0.15, 0.2) is 11.6 Å². The van der Waals surface area contributed by atoms with Gasteiger partial charge in [0, 0.05) is 35.8 Å². The van der Waals surface area contributed by atoms with Crippen molar-refractivity contribution >= 4 is 21.5 Å². The summed E-state index contributed by atoms with van der Waals surface area (Å²) in [5, 5.41) is 18.2. The molecular weight excluding hydrogens is 437 g/mol. The summed E-state index contributed by atoms with van der Waals surface area (Å²) in [4.78, 5) is -0.0198.